The van der Waals surface area contributed by atoms with Crippen molar-refractivity contribution in [1.29, 1.82) is 0 Å². The van der Waals surface area contributed by atoms with E-state index in [0.717, 1.165) is 149 Å². The number of rotatable bonds is 5. The molecule has 69 heavy (non-hydrogen) atoms. The highest BCUT2D eigenvalue weighted by atomic mass is 16.5. The third-order valence-electron chi connectivity index (χ3n) is 17.0. The zero-order valence-corrected chi connectivity index (χ0v) is 41.3. The molecule has 0 bridgehead atoms. The van der Waals surface area contributed by atoms with Crippen molar-refractivity contribution in [2.75, 3.05) is 53.5 Å². The molecule has 3 saturated heterocycles. The molecule has 1 amide bonds. The van der Waals surface area contributed by atoms with Crippen LogP contribution in [0.25, 0.3) is 0 Å². The normalized spacial score (nSPS) is 22.8. The second kappa shape index (κ2) is 22.2. The van der Waals surface area contributed by atoms with Crippen LogP contribution in [-0.2, 0) is 28.7 Å². The number of aryl methyl sites for hydroxylation is 3. The number of amides is 1. The molecule has 3 aromatic rings. The summed E-state index contributed by atoms with van der Waals surface area (Å²) in [6.45, 7) is 6.67. The number of benzene rings is 3. The van der Waals surface area contributed by atoms with Gasteiger partial charge in [0.05, 0.1) is 25.3 Å². The summed E-state index contributed by atoms with van der Waals surface area (Å²) >= 11 is 0. The van der Waals surface area contributed by atoms with Crippen LogP contribution < -0.4 is 25.0 Å². The quantitative estimate of drug-likeness (QED) is 0.127. The van der Waals surface area contributed by atoms with Crippen molar-refractivity contribution in [3.8, 4) is 17.2 Å². The molecule has 0 unspecified atom stereocenters. The standard InChI is InChI=1S/C21H29NO3.C20H28N2O3.C15H19NO3/c1-24-20(23)17-7-8-19-16(15-17)9-10-21(25-19)11-13-22(14-12-21)18-5-3-2-4-6-18;23-19(21-24)16-6-7-18-15(14-16)8-9-20(25-18)10-12-22(13-11-20)17-4-2-1-3-5-17;1-18-14(17)12-2-3-13-11(10-12)4-5-15(19-13)6-8-16-9-7-15/h7-8,15,18H,2-6,9-14H2,1H3;6-7,14,17,24H,1-5,8-13H2,(H,21,23);2-3,10,16H,4-9H2,1H3. The zero-order valence-electron chi connectivity index (χ0n) is 41.3. The summed E-state index contributed by atoms with van der Waals surface area (Å²) < 4.78 is 28.7. The van der Waals surface area contributed by atoms with Crippen molar-refractivity contribution in [2.24, 2.45) is 0 Å². The Balaban J connectivity index is 0.000000130. The van der Waals surface area contributed by atoms with Crippen LogP contribution in [0.15, 0.2) is 54.6 Å². The fourth-order valence-electron chi connectivity index (χ4n) is 12.7. The number of carbonyl (C=O) groups is 3. The van der Waals surface area contributed by atoms with Gasteiger partial charge in [-0.3, -0.25) is 10.0 Å². The van der Waals surface area contributed by atoms with Crippen molar-refractivity contribution < 1.29 is 43.3 Å². The number of piperidine rings is 3. The van der Waals surface area contributed by atoms with Crippen LogP contribution in [0.1, 0.15) is 170 Å². The molecule has 6 aliphatic heterocycles. The highest BCUT2D eigenvalue weighted by Gasteiger charge is 2.43. The summed E-state index contributed by atoms with van der Waals surface area (Å²) in [6.07, 6.45) is 26.5. The van der Waals surface area contributed by atoms with E-state index in [-0.39, 0.29) is 28.7 Å². The van der Waals surface area contributed by atoms with Crippen molar-refractivity contribution in [3.63, 3.8) is 0 Å². The largest absolute Gasteiger partial charge is 0.487 e. The van der Waals surface area contributed by atoms with Gasteiger partial charge in [-0.15, -0.1) is 0 Å². The van der Waals surface area contributed by atoms with Crippen molar-refractivity contribution in [1.82, 2.24) is 20.6 Å². The Labute approximate surface area is 409 Å². The SMILES string of the molecule is COC(=O)c1ccc2c(c1)CCC1(CCN(C3CCCCC3)CC1)O2.COC(=O)c1ccc2c(c1)CCC1(CCNCC1)O2.O=C(NO)c1ccc2c(c1)CCC1(CCN(C3CCCCC3)CC1)O2. The van der Waals surface area contributed by atoms with E-state index in [9.17, 15) is 14.4 Å². The second-order valence-electron chi connectivity index (χ2n) is 21.2. The number of hydrogen-bond acceptors (Lipinski definition) is 12. The fraction of sp³-hybridized carbons (Fsp3) is 0.625. The van der Waals surface area contributed by atoms with Gasteiger partial charge in [0.1, 0.15) is 34.1 Å². The van der Waals surface area contributed by atoms with Crippen molar-refractivity contribution >= 4 is 17.8 Å². The number of nitrogens with one attached hydrogen (secondary N) is 2. The lowest BCUT2D eigenvalue weighted by atomic mass is 9.81. The molecule has 0 atom stereocenters. The molecule has 11 rings (SSSR count). The fourth-order valence-corrected chi connectivity index (χ4v) is 12.7. The number of hydrogen-bond donors (Lipinski definition) is 3. The molecule has 3 aromatic carbocycles. The smallest absolute Gasteiger partial charge is 0.337 e. The minimum absolute atomic E-state index is 0.00491. The number of ether oxygens (including phenoxy) is 5. The predicted octanol–water partition coefficient (Wildman–Crippen LogP) is 9.18. The molecule has 0 aromatic heterocycles. The molecular formula is C56H76N4O9. The average Bonchev–Trinajstić information content (AvgIpc) is 3.41. The molecule has 8 aliphatic rings. The monoisotopic (exact) mass is 949 g/mol. The maximum absolute atomic E-state index is 11.7. The molecule has 13 nitrogen and oxygen atoms in total. The van der Waals surface area contributed by atoms with Crippen LogP contribution in [0.2, 0.25) is 0 Å². The summed E-state index contributed by atoms with van der Waals surface area (Å²) in [5.74, 6) is 1.77. The van der Waals surface area contributed by atoms with Crippen molar-refractivity contribution in [2.45, 2.75) is 170 Å². The Kier molecular flexibility index (Phi) is 15.8. The van der Waals surface area contributed by atoms with Gasteiger partial charge >= 0.3 is 11.9 Å². The van der Waals surface area contributed by atoms with Gasteiger partial charge in [0.25, 0.3) is 5.91 Å². The minimum atomic E-state index is -0.469. The van der Waals surface area contributed by atoms with Crippen LogP contribution in [-0.4, -0.2) is 115 Å². The first-order valence-electron chi connectivity index (χ1n) is 26.4. The molecular weight excluding hydrogens is 873 g/mol. The Hall–Kier alpha value is -4.69. The number of hydroxylamine groups is 1. The summed E-state index contributed by atoms with van der Waals surface area (Å²) in [7, 11) is 2.83. The van der Waals surface area contributed by atoms with Crippen LogP contribution in [0.3, 0.4) is 0 Å². The molecule has 374 valence electrons. The number of fused-ring (bicyclic) bond motifs is 3. The van der Waals surface area contributed by atoms with Gasteiger partial charge in [-0.25, -0.2) is 15.1 Å². The van der Waals surface area contributed by atoms with E-state index in [4.69, 9.17) is 28.9 Å². The first kappa shape index (κ1) is 49.3. The summed E-state index contributed by atoms with van der Waals surface area (Å²) in [6, 6.07) is 18.3. The van der Waals surface area contributed by atoms with E-state index in [1.165, 1.54) is 91.5 Å². The molecule has 3 N–H and O–H groups in total. The molecule has 6 heterocycles. The predicted molar refractivity (Wildman–Crippen MR) is 264 cm³/mol. The zero-order chi connectivity index (χ0) is 47.9. The van der Waals surface area contributed by atoms with Gasteiger partial charge in [0, 0.05) is 43.8 Å². The Morgan fingerprint density at radius 2 is 0.899 bits per heavy atom. The highest BCUT2D eigenvalue weighted by molar-refractivity contribution is 5.93. The van der Waals surface area contributed by atoms with E-state index in [1.54, 1.807) is 17.6 Å². The highest BCUT2D eigenvalue weighted by Crippen LogP contribution is 2.43. The molecule has 5 fully saturated rings. The van der Waals surface area contributed by atoms with E-state index in [2.05, 4.69) is 15.1 Å². The number of methoxy groups -OCH3 is 2. The lowest BCUT2D eigenvalue weighted by Gasteiger charge is -2.47. The van der Waals surface area contributed by atoms with Gasteiger partial charge < -0.3 is 38.8 Å². The van der Waals surface area contributed by atoms with Crippen LogP contribution in [0.4, 0.5) is 0 Å². The molecule has 2 saturated carbocycles. The Bertz CT molecular complexity index is 2140. The van der Waals surface area contributed by atoms with Gasteiger partial charge in [0.2, 0.25) is 0 Å². The van der Waals surface area contributed by atoms with E-state index < -0.39 is 5.91 Å². The Morgan fingerprint density at radius 3 is 1.28 bits per heavy atom. The second-order valence-corrected chi connectivity index (χ2v) is 21.2. The molecule has 13 heteroatoms. The van der Waals surface area contributed by atoms with E-state index in [1.807, 2.05) is 42.5 Å². The van der Waals surface area contributed by atoms with Crippen LogP contribution >= 0.6 is 0 Å². The summed E-state index contributed by atoms with van der Waals surface area (Å²) in [5, 5.41) is 12.2. The maximum atomic E-state index is 11.7. The number of likely N-dealkylation sites (tertiary alicyclic amines) is 2. The Morgan fingerprint density at radius 1 is 0.536 bits per heavy atom. The molecule has 3 spiro atoms. The minimum Gasteiger partial charge on any atom is -0.487 e. The molecule has 2 aliphatic carbocycles. The first-order valence-corrected chi connectivity index (χ1v) is 26.4. The number of carbonyl (C=O) groups excluding carboxylic acids is 3. The van der Waals surface area contributed by atoms with Gasteiger partial charge in [-0.05, 0) is 187 Å². The lowest BCUT2D eigenvalue weighted by Crippen LogP contribution is -2.52. The van der Waals surface area contributed by atoms with E-state index in [0.29, 0.717) is 16.7 Å². The first-order chi connectivity index (χ1) is 33.6. The summed E-state index contributed by atoms with van der Waals surface area (Å²) in [5.41, 5.74) is 6.71. The lowest BCUT2D eigenvalue weighted by molar-refractivity contribution is -0.0286. The van der Waals surface area contributed by atoms with E-state index >= 15 is 0 Å². The van der Waals surface area contributed by atoms with Gasteiger partial charge in [-0.2, -0.15) is 0 Å². The van der Waals surface area contributed by atoms with Crippen LogP contribution in [0, 0.1) is 0 Å². The third-order valence-corrected chi connectivity index (χ3v) is 17.0. The topological polar surface area (TPSA) is 148 Å². The van der Waals surface area contributed by atoms with Crippen molar-refractivity contribution in [3.05, 3.63) is 88.0 Å². The third kappa shape index (κ3) is 11.6. The van der Waals surface area contributed by atoms with Gasteiger partial charge in [0.15, 0.2) is 0 Å². The number of esters is 2. The average molecular weight is 949 g/mol. The van der Waals surface area contributed by atoms with Crippen LogP contribution in [0.5, 0.6) is 17.2 Å². The maximum Gasteiger partial charge on any atom is 0.337 e. The van der Waals surface area contributed by atoms with Gasteiger partial charge in [-0.1, -0.05) is 38.5 Å². The molecule has 0 radical (unpaired) electrons. The number of nitrogens with zero attached hydrogens (tertiary/aromatic N) is 2. The summed E-state index contributed by atoms with van der Waals surface area (Å²) in [4.78, 5) is 40.2.